The van der Waals surface area contributed by atoms with Crippen molar-refractivity contribution in [2.75, 3.05) is 65.0 Å². The van der Waals surface area contributed by atoms with E-state index in [1.54, 1.807) is 18.9 Å². The van der Waals surface area contributed by atoms with Crippen molar-refractivity contribution in [1.29, 1.82) is 0 Å². The second-order valence-corrected chi connectivity index (χ2v) is 16.4. The minimum Gasteiger partial charge on any atom is -0.421 e. The maximum Gasteiger partial charge on any atom is 0.229 e. The highest BCUT2D eigenvalue weighted by Crippen LogP contribution is 2.09. The van der Waals surface area contributed by atoms with Crippen LogP contribution in [0, 0.1) is 19.1 Å². The molecule has 0 spiro atoms. The molecule has 0 aliphatic rings. The van der Waals surface area contributed by atoms with E-state index in [4.69, 9.17) is 53.3 Å². The van der Waals surface area contributed by atoms with Gasteiger partial charge >= 0.3 is 0 Å². The summed E-state index contributed by atoms with van der Waals surface area (Å²) in [6, 6.07) is 1.17. The summed E-state index contributed by atoms with van der Waals surface area (Å²) in [5.41, 5.74) is 0. The number of anilines is 1. The average Bonchev–Trinajstić information content (AvgIpc) is 3.01. The lowest BCUT2D eigenvalue weighted by Crippen LogP contribution is -2.05. The molecular formula is C27H55N7OS10Si. The van der Waals surface area contributed by atoms with Gasteiger partial charge in [-0.05, 0) is 127 Å². The van der Waals surface area contributed by atoms with Gasteiger partial charge in [0.15, 0.2) is 14.7 Å². The van der Waals surface area contributed by atoms with Crippen LogP contribution in [0.1, 0.15) is 66.2 Å². The Labute approximate surface area is 330 Å². The Bertz CT molecular complexity index is 1050. The predicted molar refractivity (Wildman–Crippen MR) is 233 cm³/mol. The number of aromatic amines is 4. The Morgan fingerprint density at radius 3 is 1.78 bits per heavy atom. The molecule has 46 heavy (non-hydrogen) atoms. The van der Waals surface area contributed by atoms with E-state index in [9.17, 15) is 0 Å². The van der Waals surface area contributed by atoms with Crippen molar-refractivity contribution in [3.05, 3.63) is 19.1 Å². The van der Waals surface area contributed by atoms with Crippen LogP contribution in [-0.2, 0) is 4.43 Å². The lowest BCUT2D eigenvalue weighted by molar-refractivity contribution is 0.440. The van der Waals surface area contributed by atoms with E-state index in [1.165, 1.54) is 54.7 Å². The van der Waals surface area contributed by atoms with Gasteiger partial charge in [-0.3, -0.25) is 0 Å². The molecule has 0 saturated heterocycles. The number of rotatable bonds is 19. The highest BCUT2D eigenvalue weighted by Gasteiger charge is 1.93. The Kier molecular flexibility index (Phi) is 47.0. The topological polar surface area (TPSA) is 110 Å². The standard InChI is InChI=1S/C7H12N4S2.C6H14S2.C5H7N3S3.C5H12S2.C4H10OSSi/c1-2-3-4-8-5-9-6(12)11-7(13)10-5;1-2-5-8-6-3-4-7;1-2-11-5-7-3(9)6-4(10)8-5;1-2-4-7-5-3-6;1-5-7-4-2-3-6/h2-4H2,1H3,(H3,8,9,10,11,12,13);7H,2-6H2,1H3;2H2,1H3,(H2,6,7,8,9,10);6H,2-5H2,1H3;6H,2-4H2,1H3. The van der Waals surface area contributed by atoms with E-state index in [0.717, 1.165) is 47.6 Å². The van der Waals surface area contributed by atoms with Gasteiger partial charge in [0, 0.05) is 19.4 Å². The van der Waals surface area contributed by atoms with Crippen molar-refractivity contribution in [3.63, 3.8) is 0 Å². The molecular weight excluding hydrogens is 787 g/mol. The van der Waals surface area contributed by atoms with Gasteiger partial charge in [-0.15, -0.1) is 0 Å². The fourth-order valence-electron chi connectivity index (χ4n) is 2.42. The third-order valence-electron chi connectivity index (χ3n) is 4.37. The number of unbranched alkanes of at least 4 members (excludes halogenated alkanes) is 1. The van der Waals surface area contributed by atoms with Gasteiger partial charge in [-0.1, -0.05) is 45.9 Å². The zero-order valence-corrected chi connectivity index (χ0v) is 37.2. The summed E-state index contributed by atoms with van der Waals surface area (Å²) in [5, 5.41) is 3.89. The molecule has 0 aromatic carbocycles. The molecule has 0 amide bonds. The highest BCUT2D eigenvalue weighted by molar-refractivity contribution is 8.00. The van der Waals surface area contributed by atoms with Crippen molar-refractivity contribution in [3.8, 4) is 0 Å². The van der Waals surface area contributed by atoms with Crippen molar-refractivity contribution >= 4 is 138 Å². The van der Waals surface area contributed by atoms with Gasteiger partial charge in [0.2, 0.25) is 25.3 Å². The summed E-state index contributed by atoms with van der Waals surface area (Å²) < 4.78 is 6.71. The maximum atomic E-state index is 4.91. The molecule has 5 N–H and O–H groups in total. The first-order valence-electron chi connectivity index (χ1n) is 15.2. The van der Waals surface area contributed by atoms with E-state index in [-0.39, 0.29) is 0 Å². The summed E-state index contributed by atoms with van der Waals surface area (Å²) in [7, 11) is 2.41. The van der Waals surface area contributed by atoms with Gasteiger partial charge in [0.05, 0.1) is 0 Å². The molecule has 19 heteroatoms. The van der Waals surface area contributed by atoms with Crippen molar-refractivity contribution in [2.45, 2.75) is 77.4 Å². The minimum atomic E-state index is 0.405. The zero-order chi connectivity index (χ0) is 35.3. The van der Waals surface area contributed by atoms with Gasteiger partial charge in [0.1, 0.15) is 0 Å². The second kappa shape index (κ2) is 42.1. The smallest absolute Gasteiger partial charge is 0.229 e. The Morgan fingerprint density at radius 2 is 1.30 bits per heavy atom. The number of hydrogen-bond acceptors (Lipinski definition) is 14. The van der Waals surface area contributed by atoms with Crippen LogP contribution in [0.2, 0.25) is 6.04 Å². The number of aromatic nitrogens is 6. The van der Waals surface area contributed by atoms with Crippen molar-refractivity contribution in [1.82, 2.24) is 29.9 Å². The maximum absolute atomic E-state index is 4.91. The Balaban J connectivity index is -0.000000516. The van der Waals surface area contributed by atoms with E-state index in [0.29, 0.717) is 34.8 Å². The molecule has 2 radical (unpaired) electrons. The monoisotopic (exact) mass is 841 g/mol. The molecule has 8 nitrogen and oxygen atoms in total. The first kappa shape index (κ1) is 51.3. The van der Waals surface area contributed by atoms with Crippen molar-refractivity contribution in [2.24, 2.45) is 0 Å². The predicted octanol–water partition coefficient (Wildman–Crippen LogP) is 10.2. The third-order valence-corrected chi connectivity index (χ3v) is 10.4. The molecule has 2 aromatic heterocycles. The minimum absolute atomic E-state index is 0.405. The number of hydrogen-bond donors (Lipinski definition) is 8. The molecule has 0 bridgehead atoms. The zero-order valence-electron chi connectivity index (χ0n) is 27.8. The first-order chi connectivity index (χ1) is 22.2. The van der Waals surface area contributed by atoms with Crippen molar-refractivity contribution < 1.29 is 4.43 Å². The van der Waals surface area contributed by atoms with E-state index >= 15 is 0 Å². The summed E-state index contributed by atoms with van der Waals surface area (Å²) in [6.45, 7) is 9.48. The lowest BCUT2D eigenvalue weighted by Gasteiger charge is -2.02. The first-order valence-corrected chi connectivity index (χ1v) is 23.1. The summed E-state index contributed by atoms with van der Waals surface area (Å²) in [4.78, 5) is 19.3. The number of nitrogens with one attached hydrogen (secondary N) is 5. The van der Waals surface area contributed by atoms with E-state index in [1.807, 2.05) is 30.4 Å². The number of thiol groups is 3. The third kappa shape index (κ3) is 41.1. The van der Waals surface area contributed by atoms with E-state index < -0.39 is 0 Å². The molecule has 0 aliphatic heterocycles. The lowest BCUT2D eigenvalue weighted by atomic mass is 10.3. The van der Waals surface area contributed by atoms with Gasteiger partial charge in [-0.25, -0.2) is 0 Å². The molecule has 0 unspecified atom stereocenters. The van der Waals surface area contributed by atoms with Crippen LogP contribution >= 0.6 is 122 Å². The van der Waals surface area contributed by atoms with Crippen LogP contribution < -0.4 is 5.32 Å². The normalized spacial score (nSPS) is 9.74. The van der Waals surface area contributed by atoms with Gasteiger partial charge < -0.3 is 29.7 Å². The summed E-state index contributed by atoms with van der Waals surface area (Å²) in [5.74, 6) is 9.74. The summed E-state index contributed by atoms with van der Waals surface area (Å²) in [6.07, 6.45) is 7.28. The molecule has 2 heterocycles. The average molecular weight is 843 g/mol. The molecule has 2 aromatic rings. The fraction of sp³-hybridized carbons (Fsp3) is 0.778. The molecule has 268 valence electrons. The summed E-state index contributed by atoms with van der Waals surface area (Å²) >= 11 is 37.3. The highest BCUT2D eigenvalue weighted by atomic mass is 32.2. The van der Waals surface area contributed by atoms with Gasteiger partial charge in [0.25, 0.3) is 0 Å². The molecule has 0 aliphatic carbocycles. The van der Waals surface area contributed by atoms with Crippen LogP contribution in [0.25, 0.3) is 0 Å². The van der Waals surface area contributed by atoms with Crippen LogP contribution in [0.15, 0.2) is 5.16 Å². The number of H-pyrrole nitrogens is 4. The molecule has 0 saturated carbocycles. The van der Waals surface area contributed by atoms with Crippen LogP contribution in [0.3, 0.4) is 0 Å². The largest absolute Gasteiger partial charge is 0.421 e. The van der Waals surface area contributed by atoms with E-state index in [2.05, 4.69) is 93.9 Å². The fourth-order valence-corrected chi connectivity index (χ4v) is 7.25. The number of thioether (sulfide) groups is 3. The van der Waals surface area contributed by atoms with Gasteiger partial charge in [-0.2, -0.15) is 71.4 Å². The second-order valence-electron chi connectivity index (χ2n) is 8.56. The van der Waals surface area contributed by atoms with Crippen LogP contribution in [-0.4, -0.2) is 99.3 Å². The number of nitrogens with zero attached hydrogens (tertiary/aromatic N) is 2. The quantitative estimate of drug-likeness (QED) is 0.0228. The molecule has 0 fully saturated rings. The molecule has 0 atom stereocenters. The SMILES string of the molecule is CCCCNc1nc(=S)[nH]c(=S)[nH]1.CCCSCCCS.CCCSCCS.CCSc1nc(=S)[nH]c(=S)[nH]1.CO[Si]CCCS. The van der Waals surface area contributed by atoms with Crippen LogP contribution in [0.5, 0.6) is 0 Å². The molecule has 2 rings (SSSR count). The Morgan fingerprint density at radius 1 is 0.717 bits per heavy atom. The van der Waals surface area contributed by atoms with Crippen LogP contribution in [0.4, 0.5) is 5.95 Å². The Hall–Kier alpha value is 0.977.